The maximum Gasteiger partial charge on any atom is 0.214 e. The van der Waals surface area contributed by atoms with E-state index in [0.29, 0.717) is 16.6 Å². The van der Waals surface area contributed by atoms with Gasteiger partial charge in [0, 0.05) is 11.9 Å². The van der Waals surface area contributed by atoms with Crippen molar-refractivity contribution < 1.29 is 4.39 Å². The summed E-state index contributed by atoms with van der Waals surface area (Å²) in [4.78, 5) is 0. The van der Waals surface area contributed by atoms with Crippen LogP contribution in [-0.4, -0.2) is 30.0 Å². The van der Waals surface area contributed by atoms with Gasteiger partial charge in [0.15, 0.2) is 0 Å². The zero-order valence-electron chi connectivity index (χ0n) is 14.9. The molecule has 0 amide bonds. The van der Waals surface area contributed by atoms with Crippen molar-refractivity contribution in [1.82, 2.24) is 30.0 Å². The zero-order chi connectivity index (χ0) is 18.8. The molecule has 0 fully saturated rings. The average Bonchev–Trinajstić information content (AvgIpc) is 3.29. The van der Waals surface area contributed by atoms with E-state index in [1.807, 2.05) is 37.4 Å². The van der Waals surface area contributed by atoms with Crippen LogP contribution < -0.4 is 0 Å². The lowest BCUT2D eigenvalue weighted by Gasteiger charge is -2.07. The Labute approximate surface area is 160 Å². The first-order valence-corrected chi connectivity index (χ1v) is 9.38. The number of hydrogen-bond acceptors (Lipinski definition) is 5. The van der Waals surface area contributed by atoms with Crippen LogP contribution in [0.5, 0.6) is 0 Å². The molecule has 2 aromatic heterocycles. The minimum absolute atomic E-state index is 0.286. The van der Waals surface area contributed by atoms with Gasteiger partial charge in [-0.05, 0) is 60.2 Å². The number of thioether (sulfide) groups is 1. The first-order chi connectivity index (χ1) is 13.1. The highest BCUT2D eigenvalue weighted by atomic mass is 32.2. The summed E-state index contributed by atoms with van der Waals surface area (Å²) >= 11 is 1.50. The van der Waals surface area contributed by atoms with E-state index < -0.39 is 0 Å². The van der Waals surface area contributed by atoms with E-state index in [9.17, 15) is 4.39 Å². The van der Waals surface area contributed by atoms with Crippen molar-refractivity contribution in [3.8, 4) is 11.4 Å². The fourth-order valence-corrected chi connectivity index (χ4v) is 3.59. The molecule has 8 heteroatoms. The van der Waals surface area contributed by atoms with Crippen LogP contribution >= 0.6 is 11.8 Å². The third-order valence-electron chi connectivity index (χ3n) is 4.09. The molecule has 0 saturated heterocycles. The summed E-state index contributed by atoms with van der Waals surface area (Å²) in [6, 6.07) is 14.4. The average molecular weight is 380 g/mol. The van der Waals surface area contributed by atoms with Gasteiger partial charge in [0.05, 0.1) is 17.1 Å². The van der Waals surface area contributed by atoms with E-state index in [2.05, 4.69) is 33.6 Å². The topological polar surface area (TPSA) is 61.4 Å². The molecular formula is C19H17FN6S. The molecule has 0 aliphatic carbocycles. The summed E-state index contributed by atoms with van der Waals surface area (Å²) in [6.45, 7) is 4.10. The predicted molar refractivity (Wildman–Crippen MR) is 102 cm³/mol. The number of benzene rings is 2. The minimum Gasteiger partial charge on any atom is -0.241 e. The molecule has 0 N–H and O–H groups in total. The minimum atomic E-state index is -0.286. The van der Waals surface area contributed by atoms with Crippen molar-refractivity contribution in [3.63, 3.8) is 0 Å². The molecule has 0 unspecified atom stereocenters. The van der Waals surface area contributed by atoms with Gasteiger partial charge >= 0.3 is 0 Å². The monoisotopic (exact) mass is 380 g/mol. The van der Waals surface area contributed by atoms with Crippen molar-refractivity contribution >= 4 is 11.8 Å². The van der Waals surface area contributed by atoms with Crippen LogP contribution in [0.2, 0.25) is 0 Å². The third-order valence-corrected chi connectivity index (χ3v) is 5.04. The molecule has 4 aromatic rings. The van der Waals surface area contributed by atoms with E-state index in [1.54, 1.807) is 15.4 Å². The van der Waals surface area contributed by atoms with E-state index >= 15 is 0 Å². The molecule has 0 saturated carbocycles. The summed E-state index contributed by atoms with van der Waals surface area (Å²) in [5, 5.41) is 17.3. The van der Waals surface area contributed by atoms with E-state index in [4.69, 9.17) is 0 Å². The van der Waals surface area contributed by atoms with Crippen LogP contribution in [0, 0.1) is 19.7 Å². The SMILES string of the molecule is Cc1ccc(-n2nnnc2SCc2ccn(-c3cccc(F)c3)n2)c(C)c1. The molecule has 136 valence electrons. The standard InChI is InChI=1S/C19H17FN6S/c1-13-6-7-18(14(2)10-13)26-19(21-23-24-26)27-12-16-8-9-25(22-16)17-5-3-4-15(20)11-17/h3-11H,12H2,1-2H3. The number of aromatic nitrogens is 6. The predicted octanol–water partition coefficient (Wildman–Crippen LogP) is 3.90. The van der Waals surface area contributed by atoms with Gasteiger partial charge in [-0.15, -0.1) is 5.10 Å². The Hall–Kier alpha value is -3.00. The Morgan fingerprint density at radius 1 is 1.07 bits per heavy atom. The normalized spacial score (nSPS) is 11.1. The van der Waals surface area contributed by atoms with Crippen LogP contribution in [-0.2, 0) is 5.75 Å². The van der Waals surface area contributed by atoms with Gasteiger partial charge < -0.3 is 0 Å². The number of nitrogens with zero attached hydrogens (tertiary/aromatic N) is 6. The second-order valence-corrected chi connectivity index (χ2v) is 7.13. The van der Waals surface area contributed by atoms with E-state index in [0.717, 1.165) is 16.9 Å². The van der Waals surface area contributed by atoms with Gasteiger partial charge in [0.25, 0.3) is 0 Å². The highest BCUT2D eigenvalue weighted by Gasteiger charge is 2.12. The Bertz CT molecular complexity index is 1090. The lowest BCUT2D eigenvalue weighted by Crippen LogP contribution is -2.02. The van der Waals surface area contributed by atoms with Gasteiger partial charge in [-0.2, -0.15) is 9.78 Å². The Morgan fingerprint density at radius 2 is 1.96 bits per heavy atom. The fraction of sp³-hybridized carbons (Fsp3) is 0.158. The van der Waals surface area contributed by atoms with Crippen molar-refractivity contribution in [2.45, 2.75) is 24.8 Å². The Kier molecular flexibility index (Phi) is 4.72. The maximum absolute atomic E-state index is 13.4. The van der Waals surface area contributed by atoms with Crippen molar-refractivity contribution in [2.24, 2.45) is 0 Å². The van der Waals surface area contributed by atoms with Gasteiger partial charge in [-0.1, -0.05) is 35.5 Å². The van der Waals surface area contributed by atoms with E-state index in [1.165, 1.54) is 29.5 Å². The largest absolute Gasteiger partial charge is 0.241 e. The maximum atomic E-state index is 13.4. The number of halogens is 1. The first kappa shape index (κ1) is 17.4. The summed E-state index contributed by atoms with van der Waals surface area (Å²) in [5.74, 6) is 0.319. The summed E-state index contributed by atoms with van der Waals surface area (Å²) in [6.07, 6.45) is 1.82. The van der Waals surface area contributed by atoms with Crippen LogP contribution in [0.15, 0.2) is 59.9 Å². The van der Waals surface area contributed by atoms with Crippen LogP contribution in [0.1, 0.15) is 16.8 Å². The quantitative estimate of drug-likeness (QED) is 0.492. The number of aryl methyl sites for hydroxylation is 2. The van der Waals surface area contributed by atoms with Gasteiger partial charge in [0.1, 0.15) is 5.82 Å². The highest BCUT2D eigenvalue weighted by Crippen LogP contribution is 2.24. The van der Waals surface area contributed by atoms with Crippen molar-refractivity contribution in [3.05, 3.63) is 77.4 Å². The van der Waals surface area contributed by atoms with Crippen molar-refractivity contribution in [1.29, 1.82) is 0 Å². The summed E-state index contributed by atoms with van der Waals surface area (Å²) in [7, 11) is 0. The molecule has 6 nitrogen and oxygen atoms in total. The number of hydrogen-bond donors (Lipinski definition) is 0. The van der Waals surface area contributed by atoms with E-state index in [-0.39, 0.29) is 5.82 Å². The van der Waals surface area contributed by atoms with Crippen LogP contribution in [0.3, 0.4) is 0 Å². The molecular weight excluding hydrogens is 363 g/mol. The second-order valence-electron chi connectivity index (χ2n) is 6.18. The second kappa shape index (κ2) is 7.32. The lowest BCUT2D eigenvalue weighted by molar-refractivity contribution is 0.625. The third kappa shape index (κ3) is 3.75. The van der Waals surface area contributed by atoms with Crippen molar-refractivity contribution in [2.75, 3.05) is 0 Å². The highest BCUT2D eigenvalue weighted by molar-refractivity contribution is 7.98. The Balaban J connectivity index is 1.51. The van der Waals surface area contributed by atoms with Gasteiger partial charge in [-0.25, -0.2) is 9.07 Å². The smallest absolute Gasteiger partial charge is 0.214 e. The van der Waals surface area contributed by atoms with Crippen LogP contribution in [0.4, 0.5) is 4.39 Å². The molecule has 0 spiro atoms. The number of rotatable bonds is 5. The molecule has 0 bridgehead atoms. The lowest BCUT2D eigenvalue weighted by atomic mass is 10.1. The van der Waals surface area contributed by atoms with Gasteiger partial charge in [-0.3, -0.25) is 0 Å². The molecule has 0 aliphatic heterocycles. The molecule has 0 atom stereocenters. The molecule has 4 rings (SSSR count). The molecule has 2 heterocycles. The zero-order valence-corrected chi connectivity index (χ0v) is 15.7. The summed E-state index contributed by atoms with van der Waals surface area (Å²) in [5.41, 5.74) is 4.81. The Morgan fingerprint density at radius 3 is 2.78 bits per heavy atom. The summed E-state index contributed by atoms with van der Waals surface area (Å²) < 4.78 is 16.8. The molecule has 0 aliphatic rings. The molecule has 2 aromatic carbocycles. The molecule has 0 radical (unpaired) electrons. The van der Waals surface area contributed by atoms with Crippen LogP contribution in [0.25, 0.3) is 11.4 Å². The fourth-order valence-electron chi connectivity index (χ4n) is 2.80. The van der Waals surface area contributed by atoms with Gasteiger partial charge in [0.2, 0.25) is 5.16 Å². The first-order valence-electron chi connectivity index (χ1n) is 8.39. The molecule has 27 heavy (non-hydrogen) atoms. The number of tetrazole rings is 1.